The van der Waals surface area contributed by atoms with E-state index in [0.29, 0.717) is 30.9 Å². The van der Waals surface area contributed by atoms with Gasteiger partial charge in [0.2, 0.25) is 11.8 Å². The number of piperazine rings is 1. The number of nitriles is 1. The predicted molar refractivity (Wildman–Crippen MR) is 99.1 cm³/mol. The quantitative estimate of drug-likeness (QED) is 0.847. The number of hydrogen-bond donors (Lipinski definition) is 0. The van der Waals surface area contributed by atoms with Gasteiger partial charge in [-0.25, -0.2) is 4.98 Å². The Labute approximate surface area is 153 Å². The third-order valence-corrected chi connectivity index (χ3v) is 4.51. The Balaban J connectivity index is 1.75. The van der Waals surface area contributed by atoms with E-state index in [0.717, 1.165) is 5.56 Å². The highest BCUT2D eigenvalue weighted by Gasteiger charge is 2.26. The lowest BCUT2D eigenvalue weighted by Crippen LogP contribution is -2.50. The van der Waals surface area contributed by atoms with Crippen molar-refractivity contribution in [2.75, 3.05) is 31.6 Å². The third kappa shape index (κ3) is 3.62. The lowest BCUT2D eigenvalue weighted by molar-refractivity contribution is -0.131. The Morgan fingerprint density at radius 2 is 1.96 bits per heavy atom. The SMILES string of the molecule is COc1nccc(N2CCN(Cc3cc(C)cc(C)c3)C(=O)C2)c1C#N. The summed E-state index contributed by atoms with van der Waals surface area (Å²) in [7, 11) is 1.49. The number of pyridine rings is 1. The van der Waals surface area contributed by atoms with Gasteiger partial charge in [-0.3, -0.25) is 4.79 Å². The van der Waals surface area contributed by atoms with Gasteiger partial charge in [0.25, 0.3) is 0 Å². The van der Waals surface area contributed by atoms with Gasteiger partial charge in [-0.05, 0) is 25.5 Å². The fraction of sp³-hybridized carbons (Fsp3) is 0.350. The van der Waals surface area contributed by atoms with E-state index in [-0.39, 0.29) is 18.3 Å². The fourth-order valence-corrected chi connectivity index (χ4v) is 3.42. The minimum Gasteiger partial charge on any atom is -0.480 e. The standard InChI is InChI=1S/C20H22N4O2/c1-14-8-15(2)10-16(9-14)12-24-7-6-23(13-19(24)25)18-4-5-22-20(26-3)17(18)11-21/h4-5,8-10H,6-7,12-13H2,1-3H3. The topological polar surface area (TPSA) is 69.5 Å². The molecule has 1 fully saturated rings. The number of ether oxygens (including phenoxy) is 1. The van der Waals surface area contributed by atoms with Crippen LogP contribution in [0.25, 0.3) is 0 Å². The molecule has 1 aliphatic heterocycles. The molecule has 1 aromatic carbocycles. The molecule has 134 valence electrons. The molecule has 0 bridgehead atoms. The zero-order valence-electron chi connectivity index (χ0n) is 15.3. The second-order valence-corrected chi connectivity index (χ2v) is 6.56. The van der Waals surface area contributed by atoms with Crippen molar-refractivity contribution in [2.45, 2.75) is 20.4 Å². The number of rotatable bonds is 4. The zero-order valence-corrected chi connectivity index (χ0v) is 15.3. The van der Waals surface area contributed by atoms with Crippen LogP contribution >= 0.6 is 0 Å². The van der Waals surface area contributed by atoms with E-state index in [1.165, 1.54) is 18.2 Å². The molecule has 1 amide bonds. The minimum absolute atomic E-state index is 0.0510. The number of anilines is 1. The smallest absolute Gasteiger partial charge is 0.242 e. The summed E-state index contributed by atoms with van der Waals surface area (Å²) >= 11 is 0. The molecule has 0 radical (unpaired) electrons. The van der Waals surface area contributed by atoms with E-state index >= 15 is 0 Å². The maximum absolute atomic E-state index is 12.7. The van der Waals surface area contributed by atoms with E-state index in [1.54, 1.807) is 12.3 Å². The molecule has 6 nitrogen and oxygen atoms in total. The molecule has 1 saturated heterocycles. The molecule has 0 aliphatic carbocycles. The molecule has 3 rings (SSSR count). The van der Waals surface area contributed by atoms with E-state index < -0.39 is 0 Å². The Bertz CT molecular complexity index is 852. The summed E-state index contributed by atoms with van der Waals surface area (Å²) in [6.07, 6.45) is 1.60. The van der Waals surface area contributed by atoms with Crippen molar-refractivity contribution in [1.82, 2.24) is 9.88 Å². The van der Waals surface area contributed by atoms with E-state index in [1.807, 2.05) is 9.80 Å². The average molecular weight is 350 g/mol. The van der Waals surface area contributed by atoms with Gasteiger partial charge >= 0.3 is 0 Å². The van der Waals surface area contributed by atoms with Crippen LogP contribution in [0.3, 0.4) is 0 Å². The van der Waals surface area contributed by atoms with Gasteiger partial charge in [-0.1, -0.05) is 29.3 Å². The summed E-state index contributed by atoms with van der Waals surface area (Å²) in [5.41, 5.74) is 4.61. The van der Waals surface area contributed by atoms with E-state index in [2.05, 4.69) is 43.1 Å². The number of carbonyl (C=O) groups excluding carboxylic acids is 1. The highest BCUT2D eigenvalue weighted by atomic mass is 16.5. The normalized spacial score (nSPS) is 14.3. The molecule has 26 heavy (non-hydrogen) atoms. The molecule has 0 N–H and O–H groups in total. The molecule has 2 heterocycles. The number of nitrogens with zero attached hydrogens (tertiary/aromatic N) is 4. The molecule has 2 aromatic rings. The van der Waals surface area contributed by atoms with Crippen molar-refractivity contribution >= 4 is 11.6 Å². The number of amides is 1. The van der Waals surface area contributed by atoms with Crippen LogP contribution in [0.1, 0.15) is 22.3 Å². The molecule has 0 unspecified atom stereocenters. The lowest BCUT2D eigenvalue weighted by atomic mass is 10.1. The molecule has 6 heteroatoms. The number of methoxy groups -OCH3 is 1. The maximum atomic E-state index is 12.7. The summed E-state index contributed by atoms with van der Waals surface area (Å²) in [5, 5.41) is 9.43. The van der Waals surface area contributed by atoms with Gasteiger partial charge < -0.3 is 14.5 Å². The maximum Gasteiger partial charge on any atom is 0.242 e. The van der Waals surface area contributed by atoms with E-state index in [4.69, 9.17) is 4.74 Å². The lowest BCUT2D eigenvalue weighted by Gasteiger charge is -2.36. The summed E-state index contributed by atoms with van der Waals surface area (Å²) < 4.78 is 5.16. The van der Waals surface area contributed by atoms with Crippen LogP contribution in [-0.4, -0.2) is 42.5 Å². The van der Waals surface area contributed by atoms with Crippen LogP contribution < -0.4 is 9.64 Å². The Hall–Kier alpha value is -3.07. The molecular formula is C20H22N4O2. The second-order valence-electron chi connectivity index (χ2n) is 6.56. The summed E-state index contributed by atoms with van der Waals surface area (Å²) in [6.45, 7) is 6.26. The van der Waals surface area contributed by atoms with Gasteiger partial charge in [0.15, 0.2) is 0 Å². The Morgan fingerprint density at radius 3 is 2.58 bits per heavy atom. The Kier molecular flexibility index (Phi) is 5.08. The van der Waals surface area contributed by atoms with Gasteiger partial charge in [0.05, 0.1) is 19.3 Å². The number of aryl methyl sites for hydroxylation is 2. The monoisotopic (exact) mass is 350 g/mol. The fourth-order valence-electron chi connectivity index (χ4n) is 3.42. The molecule has 0 spiro atoms. The summed E-state index contributed by atoms with van der Waals surface area (Å²) in [6, 6.07) is 10.3. The molecule has 1 aromatic heterocycles. The van der Waals surface area contributed by atoms with Crippen molar-refractivity contribution in [2.24, 2.45) is 0 Å². The van der Waals surface area contributed by atoms with Crippen LogP contribution in [0.4, 0.5) is 5.69 Å². The van der Waals surface area contributed by atoms with Crippen LogP contribution in [0.15, 0.2) is 30.5 Å². The van der Waals surface area contributed by atoms with E-state index in [9.17, 15) is 10.1 Å². The van der Waals surface area contributed by atoms with Crippen LogP contribution in [0.2, 0.25) is 0 Å². The first-order valence-electron chi connectivity index (χ1n) is 8.55. The van der Waals surface area contributed by atoms with Gasteiger partial charge in [0.1, 0.15) is 11.6 Å². The predicted octanol–water partition coefficient (Wildman–Crippen LogP) is 2.43. The number of benzene rings is 1. The molecule has 1 aliphatic rings. The summed E-state index contributed by atoms with van der Waals surface area (Å²) in [5.74, 6) is 0.338. The first-order chi connectivity index (χ1) is 12.5. The highest BCUT2D eigenvalue weighted by Crippen LogP contribution is 2.27. The third-order valence-electron chi connectivity index (χ3n) is 4.51. The second kappa shape index (κ2) is 7.44. The number of hydrogen-bond acceptors (Lipinski definition) is 5. The van der Waals surface area contributed by atoms with Crippen molar-refractivity contribution in [3.05, 3.63) is 52.7 Å². The Morgan fingerprint density at radius 1 is 1.23 bits per heavy atom. The van der Waals surface area contributed by atoms with Crippen LogP contribution in [0.5, 0.6) is 5.88 Å². The highest BCUT2D eigenvalue weighted by molar-refractivity contribution is 5.83. The van der Waals surface area contributed by atoms with Crippen molar-refractivity contribution in [1.29, 1.82) is 5.26 Å². The molecule has 0 atom stereocenters. The number of carbonyl (C=O) groups is 1. The molecular weight excluding hydrogens is 328 g/mol. The van der Waals surface area contributed by atoms with Crippen molar-refractivity contribution in [3.63, 3.8) is 0 Å². The largest absolute Gasteiger partial charge is 0.480 e. The van der Waals surface area contributed by atoms with Gasteiger partial charge in [-0.15, -0.1) is 0 Å². The summed E-state index contributed by atoms with van der Waals surface area (Å²) in [4.78, 5) is 20.5. The number of aromatic nitrogens is 1. The van der Waals surface area contributed by atoms with Gasteiger partial charge in [0, 0.05) is 25.8 Å². The first kappa shape index (κ1) is 17.7. The minimum atomic E-state index is 0.0510. The van der Waals surface area contributed by atoms with Crippen molar-refractivity contribution < 1.29 is 9.53 Å². The first-order valence-corrected chi connectivity index (χ1v) is 8.55. The zero-order chi connectivity index (χ0) is 18.7. The van der Waals surface area contributed by atoms with Crippen LogP contribution in [0, 0.1) is 25.2 Å². The van der Waals surface area contributed by atoms with Crippen LogP contribution in [-0.2, 0) is 11.3 Å². The van der Waals surface area contributed by atoms with Gasteiger partial charge in [-0.2, -0.15) is 5.26 Å². The van der Waals surface area contributed by atoms with Crippen molar-refractivity contribution in [3.8, 4) is 11.9 Å². The average Bonchev–Trinajstić information content (AvgIpc) is 2.61. The molecule has 0 saturated carbocycles.